The van der Waals surface area contributed by atoms with Crippen LogP contribution in [0.3, 0.4) is 0 Å². The third-order valence-electron chi connectivity index (χ3n) is 4.86. The van der Waals surface area contributed by atoms with Crippen LogP contribution in [0.4, 0.5) is 5.69 Å². The van der Waals surface area contributed by atoms with Gasteiger partial charge in [0.2, 0.25) is 15.9 Å². The molecule has 2 aromatic carbocycles. The molecule has 0 fully saturated rings. The molecule has 1 atom stereocenters. The summed E-state index contributed by atoms with van der Waals surface area (Å²) in [6.07, 6.45) is 1.64. The number of methoxy groups -OCH3 is 2. The molecule has 0 heterocycles. The predicted molar refractivity (Wildman–Crippen MR) is 124 cm³/mol. The molecular formula is C22H29ClN2O5S. The van der Waals surface area contributed by atoms with Crippen LogP contribution in [0, 0.1) is 0 Å². The number of amides is 1. The molecule has 170 valence electrons. The van der Waals surface area contributed by atoms with E-state index in [0.29, 0.717) is 35.2 Å². The highest BCUT2D eigenvalue weighted by atomic mass is 35.5. The van der Waals surface area contributed by atoms with Crippen molar-refractivity contribution in [2.24, 2.45) is 0 Å². The lowest BCUT2D eigenvalue weighted by atomic mass is 10.0. The lowest BCUT2D eigenvalue weighted by Crippen LogP contribution is -2.33. The van der Waals surface area contributed by atoms with Crippen LogP contribution in [-0.4, -0.2) is 47.9 Å². The largest absolute Gasteiger partial charge is 0.495 e. The van der Waals surface area contributed by atoms with Gasteiger partial charge in [-0.3, -0.25) is 9.10 Å². The first-order chi connectivity index (χ1) is 14.7. The molecule has 0 aromatic heterocycles. The van der Waals surface area contributed by atoms with E-state index in [9.17, 15) is 13.2 Å². The van der Waals surface area contributed by atoms with Crippen molar-refractivity contribution in [3.63, 3.8) is 0 Å². The molecule has 0 aliphatic heterocycles. The second-order valence-electron chi connectivity index (χ2n) is 7.21. The van der Waals surface area contributed by atoms with Crippen molar-refractivity contribution in [1.29, 1.82) is 0 Å². The molecule has 9 heteroatoms. The summed E-state index contributed by atoms with van der Waals surface area (Å²) in [5, 5.41) is 3.22. The van der Waals surface area contributed by atoms with Crippen molar-refractivity contribution in [2.75, 3.05) is 37.9 Å². The minimum absolute atomic E-state index is 0.113. The minimum Gasteiger partial charge on any atom is -0.495 e. The van der Waals surface area contributed by atoms with E-state index in [1.807, 2.05) is 37.3 Å². The van der Waals surface area contributed by atoms with Gasteiger partial charge in [0, 0.05) is 31.6 Å². The highest BCUT2D eigenvalue weighted by Gasteiger charge is 2.23. The third kappa shape index (κ3) is 7.04. The van der Waals surface area contributed by atoms with Gasteiger partial charge >= 0.3 is 0 Å². The van der Waals surface area contributed by atoms with Gasteiger partial charge in [-0.1, -0.05) is 48.9 Å². The van der Waals surface area contributed by atoms with Crippen LogP contribution in [0.25, 0.3) is 0 Å². The fraction of sp³-hybridized carbons (Fsp3) is 0.409. The van der Waals surface area contributed by atoms with Gasteiger partial charge in [0.25, 0.3) is 0 Å². The number of sulfonamides is 1. The molecule has 2 rings (SSSR count). The molecule has 0 saturated heterocycles. The molecule has 0 radical (unpaired) electrons. The average Bonchev–Trinajstić information content (AvgIpc) is 2.74. The molecular weight excluding hydrogens is 440 g/mol. The number of hydrogen-bond acceptors (Lipinski definition) is 5. The summed E-state index contributed by atoms with van der Waals surface area (Å²) in [5.41, 5.74) is 1.46. The van der Waals surface area contributed by atoms with E-state index in [1.165, 1.54) is 30.7 Å². The van der Waals surface area contributed by atoms with E-state index in [0.717, 1.165) is 11.8 Å². The fourth-order valence-electron chi connectivity index (χ4n) is 3.14. The molecule has 0 bridgehead atoms. The number of nitrogens with zero attached hydrogens (tertiary/aromatic N) is 1. The first kappa shape index (κ1) is 24.8. The van der Waals surface area contributed by atoms with E-state index >= 15 is 0 Å². The van der Waals surface area contributed by atoms with Crippen molar-refractivity contribution >= 4 is 33.2 Å². The lowest BCUT2D eigenvalue weighted by Gasteiger charge is -2.25. The van der Waals surface area contributed by atoms with Crippen molar-refractivity contribution in [2.45, 2.75) is 25.7 Å². The molecule has 0 aliphatic carbocycles. The maximum Gasteiger partial charge on any atom is 0.232 e. The van der Waals surface area contributed by atoms with Gasteiger partial charge in [-0.25, -0.2) is 8.42 Å². The summed E-state index contributed by atoms with van der Waals surface area (Å²) < 4.78 is 36.6. The molecule has 0 aliphatic rings. The SMILES string of the molecule is COc1cc(N(CCCC(=O)NCC(C)c2ccccc2)S(C)(=O)=O)c(OC)cc1Cl. The Morgan fingerprint density at radius 2 is 1.77 bits per heavy atom. The molecule has 31 heavy (non-hydrogen) atoms. The van der Waals surface area contributed by atoms with E-state index in [1.54, 1.807) is 0 Å². The van der Waals surface area contributed by atoms with Crippen LogP contribution in [0.2, 0.25) is 5.02 Å². The number of nitrogens with one attached hydrogen (secondary N) is 1. The average molecular weight is 469 g/mol. The highest BCUT2D eigenvalue weighted by molar-refractivity contribution is 7.92. The van der Waals surface area contributed by atoms with E-state index in [4.69, 9.17) is 21.1 Å². The van der Waals surface area contributed by atoms with E-state index in [-0.39, 0.29) is 24.8 Å². The third-order valence-corrected chi connectivity index (χ3v) is 6.34. The summed E-state index contributed by atoms with van der Waals surface area (Å²) in [4.78, 5) is 12.3. The lowest BCUT2D eigenvalue weighted by molar-refractivity contribution is -0.121. The van der Waals surface area contributed by atoms with Crippen LogP contribution in [0.15, 0.2) is 42.5 Å². The van der Waals surface area contributed by atoms with E-state index in [2.05, 4.69) is 5.32 Å². The Morgan fingerprint density at radius 1 is 1.13 bits per heavy atom. The smallest absolute Gasteiger partial charge is 0.232 e. The molecule has 1 amide bonds. The van der Waals surface area contributed by atoms with E-state index < -0.39 is 10.0 Å². The van der Waals surface area contributed by atoms with Crippen LogP contribution in [-0.2, 0) is 14.8 Å². The summed E-state index contributed by atoms with van der Waals surface area (Å²) in [7, 11) is -0.744. The first-order valence-corrected chi connectivity index (χ1v) is 12.1. The van der Waals surface area contributed by atoms with Gasteiger partial charge in [-0.05, 0) is 17.9 Å². The van der Waals surface area contributed by atoms with Gasteiger partial charge < -0.3 is 14.8 Å². The second-order valence-corrected chi connectivity index (χ2v) is 9.53. The number of ether oxygens (including phenoxy) is 2. The van der Waals surface area contributed by atoms with Gasteiger partial charge in [0.1, 0.15) is 11.5 Å². The molecule has 2 aromatic rings. The van der Waals surface area contributed by atoms with Crippen LogP contribution in [0.1, 0.15) is 31.2 Å². The van der Waals surface area contributed by atoms with Crippen LogP contribution in [0.5, 0.6) is 11.5 Å². The maximum absolute atomic E-state index is 12.4. The maximum atomic E-state index is 12.4. The Kier molecular flexibility index (Phi) is 9.00. The number of hydrogen-bond donors (Lipinski definition) is 1. The summed E-state index contributed by atoms with van der Waals surface area (Å²) in [6.45, 7) is 2.67. The topological polar surface area (TPSA) is 84.9 Å². The van der Waals surface area contributed by atoms with Crippen molar-refractivity contribution in [3.05, 3.63) is 53.1 Å². The Bertz CT molecular complexity index is 983. The Hall–Kier alpha value is -2.45. The summed E-state index contributed by atoms with van der Waals surface area (Å²) >= 11 is 6.12. The van der Waals surface area contributed by atoms with Gasteiger partial charge in [-0.15, -0.1) is 0 Å². The van der Waals surface area contributed by atoms with Gasteiger partial charge in [0.05, 0.1) is 31.2 Å². The Labute approximate surface area is 189 Å². The standard InChI is InChI=1S/C22H29ClN2O5S/c1-16(17-9-6-5-7-10-17)15-24-22(26)11-8-12-25(31(4,27)28)19-14-20(29-2)18(23)13-21(19)30-3/h5-7,9-10,13-14,16H,8,11-12,15H2,1-4H3,(H,24,26). The highest BCUT2D eigenvalue weighted by Crippen LogP contribution is 2.39. The molecule has 0 saturated carbocycles. The molecule has 7 nitrogen and oxygen atoms in total. The molecule has 1 unspecified atom stereocenters. The second kappa shape index (κ2) is 11.2. The normalized spacial score (nSPS) is 12.2. The van der Waals surface area contributed by atoms with Crippen molar-refractivity contribution in [1.82, 2.24) is 5.32 Å². The number of halogens is 1. The predicted octanol–water partition coefficient (Wildman–Crippen LogP) is 3.82. The summed E-state index contributed by atoms with van der Waals surface area (Å²) in [5.74, 6) is 0.691. The van der Waals surface area contributed by atoms with Crippen LogP contribution >= 0.6 is 11.6 Å². The van der Waals surface area contributed by atoms with Crippen molar-refractivity contribution in [3.8, 4) is 11.5 Å². The molecule has 1 N–H and O–H groups in total. The molecule has 0 spiro atoms. The zero-order chi connectivity index (χ0) is 23.0. The Balaban J connectivity index is 2.01. The zero-order valence-electron chi connectivity index (χ0n) is 18.2. The van der Waals surface area contributed by atoms with Gasteiger partial charge in [-0.2, -0.15) is 0 Å². The van der Waals surface area contributed by atoms with Crippen LogP contribution < -0.4 is 19.1 Å². The quantitative estimate of drug-likeness (QED) is 0.541. The first-order valence-electron chi connectivity index (χ1n) is 9.88. The number of rotatable bonds is 11. The Morgan fingerprint density at radius 3 is 2.35 bits per heavy atom. The van der Waals surface area contributed by atoms with Crippen molar-refractivity contribution < 1.29 is 22.7 Å². The minimum atomic E-state index is -3.63. The zero-order valence-corrected chi connectivity index (χ0v) is 19.8. The summed E-state index contributed by atoms with van der Waals surface area (Å²) in [6, 6.07) is 13.0. The van der Waals surface area contributed by atoms with Gasteiger partial charge in [0.15, 0.2) is 0 Å². The monoisotopic (exact) mass is 468 g/mol. The number of carbonyl (C=O) groups is 1. The number of benzene rings is 2. The number of carbonyl (C=O) groups excluding carboxylic acids is 1. The number of anilines is 1. The fourth-order valence-corrected chi connectivity index (χ4v) is 4.33.